The zero-order valence-corrected chi connectivity index (χ0v) is 16.4. The average Bonchev–Trinajstić information content (AvgIpc) is 3.38. The fraction of sp³-hybridized carbons (Fsp3) is 0.591. The maximum absolute atomic E-state index is 14.6. The van der Waals surface area contributed by atoms with E-state index in [1.54, 1.807) is 23.1 Å². The van der Waals surface area contributed by atoms with Crippen LogP contribution in [0.3, 0.4) is 0 Å². The average molecular weight is 399 g/mol. The van der Waals surface area contributed by atoms with Gasteiger partial charge in [-0.15, -0.1) is 0 Å². The van der Waals surface area contributed by atoms with E-state index in [-0.39, 0.29) is 41.8 Å². The number of amides is 3. The van der Waals surface area contributed by atoms with Crippen LogP contribution in [0.5, 0.6) is 0 Å². The lowest BCUT2D eigenvalue weighted by Crippen LogP contribution is -2.56. The van der Waals surface area contributed by atoms with Crippen molar-refractivity contribution >= 4 is 17.7 Å². The summed E-state index contributed by atoms with van der Waals surface area (Å²) in [6.07, 6.45) is 4.24. The highest BCUT2D eigenvalue weighted by atomic mass is 19.1. The third-order valence-electron chi connectivity index (χ3n) is 7.05. The van der Waals surface area contributed by atoms with Gasteiger partial charge >= 0.3 is 0 Å². The Kier molecular flexibility index (Phi) is 4.37. The highest BCUT2D eigenvalue weighted by molar-refractivity contribution is 5.90. The van der Waals surface area contributed by atoms with Crippen LogP contribution in [-0.2, 0) is 14.4 Å². The third-order valence-corrected chi connectivity index (χ3v) is 7.05. The van der Waals surface area contributed by atoms with Crippen LogP contribution in [0.4, 0.5) is 4.39 Å². The van der Waals surface area contributed by atoms with Crippen molar-refractivity contribution in [3.63, 3.8) is 0 Å². The normalized spacial score (nSPS) is 32.2. The SMILES string of the molecule is O=C1CCC[C@]2(CN(C(=O)[C@H]3CC(=O)N(C4CC4)C3)C[C@H]2c2ccccc2F)N1. The van der Waals surface area contributed by atoms with Gasteiger partial charge in [-0.05, 0) is 37.3 Å². The Labute approximate surface area is 169 Å². The van der Waals surface area contributed by atoms with E-state index >= 15 is 0 Å². The van der Waals surface area contributed by atoms with Crippen molar-refractivity contribution in [1.29, 1.82) is 0 Å². The number of piperidine rings is 1. The molecule has 6 nitrogen and oxygen atoms in total. The number of hydrogen-bond donors (Lipinski definition) is 1. The summed E-state index contributed by atoms with van der Waals surface area (Å²) >= 11 is 0. The summed E-state index contributed by atoms with van der Waals surface area (Å²) in [4.78, 5) is 41.4. The van der Waals surface area contributed by atoms with Crippen LogP contribution < -0.4 is 5.32 Å². The first-order chi connectivity index (χ1) is 14.0. The van der Waals surface area contributed by atoms with Crippen LogP contribution in [0.2, 0.25) is 0 Å². The van der Waals surface area contributed by atoms with Crippen molar-refractivity contribution in [3.05, 3.63) is 35.6 Å². The molecule has 1 N–H and O–H groups in total. The fourth-order valence-electron chi connectivity index (χ4n) is 5.47. The smallest absolute Gasteiger partial charge is 0.228 e. The molecule has 4 fully saturated rings. The van der Waals surface area contributed by atoms with Crippen LogP contribution in [0.25, 0.3) is 0 Å². The Morgan fingerprint density at radius 3 is 2.69 bits per heavy atom. The van der Waals surface area contributed by atoms with Crippen LogP contribution in [0.15, 0.2) is 24.3 Å². The number of carbonyl (C=O) groups excluding carboxylic acids is 3. The molecule has 1 aliphatic carbocycles. The number of rotatable bonds is 3. The first kappa shape index (κ1) is 18.6. The second-order valence-electron chi connectivity index (χ2n) is 9.03. The summed E-state index contributed by atoms with van der Waals surface area (Å²) < 4.78 is 14.6. The van der Waals surface area contributed by atoms with Gasteiger partial charge < -0.3 is 15.1 Å². The van der Waals surface area contributed by atoms with Gasteiger partial charge in [0.2, 0.25) is 17.7 Å². The summed E-state index contributed by atoms with van der Waals surface area (Å²) in [5.74, 6) is -0.937. The number of nitrogens with zero attached hydrogens (tertiary/aromatic N) is 2. The fourth-order valence-corrected chi connectivity index (χ4v) is 5.47. The minimum absolute atomic E-state index is 0.0390. The number of benzene rings is 1. The molecule has 0 radical (unpaired) electrons. The zero-order chi connectivity index (χ0) is 20.2. The van der Waals surface area contributed by atoms with E-state index in [1.165, 1.54) is 6.07 Å². The second-order valence-corrected chi connectivity index (χ2v) is 9.03. The summed E-state index contributed by atoms with van der Waals surface area (Å²) in [5, 5.41) is 3.11. The molecule has 3 saturated heterocycles. The van der Waals surface area contributed by atoms with E-state index in [1.807, 2.05) is 4.90 Å². The van der Waals surface area contributed by atoms with Gasteiger partial charge in [0.15, 0.2) is 0 Å². The molecule has 3 atom stereocenters. The van der Waals surface area contributed by atoms with E-state index in [2.05, 4.69) is 5.32 Å². The van der Waals surface area contributed by atoms with Crippen LogP contribution in [0.1, 0.15) is 50.0 Å². The summed E-state index contributed by atoms with van der Waals surface area (Å²) in [5.41, 5.74) is -0.0847. The Morgan fingerprint density at radius 2 is 1.97 bits per heavy atom. The number of carbonyl (C=O) groups is 3. The molecule has 3 amide bonds. The molecule has 0 unspecified atom stereocenters. The van der Waals surface area contributed by atoms with Gasteiger partial charge in [-0.2, -0.15) is 0 Å². The van der Waals surface area contributed by atoms with Gasteiger partial charge in [0.1, 0.15) is 5.82 Å². The van der Waals surface area contributed by atoms with Crippen molar-refractivity contribution in [2.75, 3.05) is 19.6 Å². The lowest BCUT2D eigenvalue weighted by Gasteiger charge is -2.39. The Morgan fingerprint density at radius 1 is 1.17 bits per heavy atom. The molecule has 3 heterocycles. The van der Waals surface area contributed by atoms with Gasteiger partial charge in [0.05, 0.1) is 11.5 Å². The highest BCUT2D eigenvalue weighted by Crippen LogP contribution is 2.43. The van der Waals surface area contributed by atoms with E-state index in [0.717, 1.165) is 25.7 Å². The van der Waals surface area contributed by atoms with Crippen molar-refractivity contribution < 1.29 is 18.8 Å². The summed E-state index contributed by atoms with van der Waals surface area (Å²) in [6, 6.07) is 6.95. The minimum atomic E-state index is -0.633. The molecule has 0 bridgehead atoms. The lowest BCUT2D eigenvalue weighted by molar-refractivity contribution is -0.135. The molecule has 5 rings (SSSR count). The molecule has 1 aromatic carbocycles. The molecule has 4 aliphatic rings. The van der Waals surface area contributed by atoms with E-state index < -0.39 is 5.54 Å². The van der Waals surface area contributed by atoms with Crippen molar-refractivity contribution in [2.45, 2.75) is 56.0 Å². The molecular weight excluding hydrogens is 373 g/mol. The van der Waals surface area contributed by atoms with Gasteiger partial charge in [-0.1, -0.05) is 18.2 Å². The van der Waals surface area contributed by atoms with Crippen molar-refractivity contribution in [2.24, 2.45) is 5.92 Å². The highest BCUT2D eigenvalue weighted by Gasteiger charge is 2.53. The molecular formula is C22H26FN3O3. The van der Waals surface area contributed by atoms with E-state index in [0.29, 0.717) is 37.7 Å². The summed E-state index contributed by atoms with van der Waals surface area (Å²) in [6.45, 7) is 1.24. The Bertz CT molecular complexity index is 871. The molecule has 3 aliphatic heterocycles. The Hall–Kier alpha value is -2.44. The quantitative estimate of drug-likeness (QED) is 0.843. The topological polar surface area (TPSA) is 69.7 Å². The van der Waals surface area contributed by atoms with Crippen LogP contribution in [0, 0.1) is 11.7 Å². The van der Waals surface area contributed by atoms with Gasteiger partial charge in [0, 0.05) is 44.4 Å². The molecule has 1 spiro atoms. The predicted octanol–water partition coefficient (Wildman–Crippen LogP) is 1.80. The third kappa shape index (κ3) is 3.20. The number of hydrogen-bond acceptors (Lipinski definition) is 3. The van der Waals surface area contributed by atoms with Crippen LogP contribution in [-0.4, -0.2) is 58.7 Å². The monoisotopic (exact) mass is 399 g/mol. The molecule has 29 heavy (non-hydrogen) atoms. The molecule has 1 saturated carbocycles. The summed E-state index contributed by atoms with van der Waals surface area (Å²) in [7, 11) is 0. The minimum Gasteiger partial charge on any atom is -0.348 e. The van der Waals surface area contributed by atoms with Gasteiger partial charge in [-0.3, -0.25) is 14.4 Å². The molecule has 0 aromatic heterocycles. The Balaban J connectivity index is 1.41. The number of halogens is 1. The van der Waals surface area contributed by atoms with Crippen molar-refractivity contribution in [3.8, 4) is 0 Å². The molecule has 7 heteroatoms. The van der Waals surface area contributed by atoms with Crippen molar-refractivity contribution in [1.82, 2.24) is 15.1 Å². The van der Waals surface area contributed by atoms with Gasteiger partial charge in [-0.25, -0.2) is 4.39 Å². The van der Waals surface area contributed by atoms with Gasteiger partial charge in [0.25, 0.3) is 0 Å². The largest absolute Gasteiger partial charge is 0.348 e. The first-order valence-corrected chi connectivity index (χ1v) is 10.6. The molecule has 154 valence electrons. The maximum atomic E-state index is 14.6. The van der Waals surface area contributed by atoms with Crippen LogP contribution >= 0.6 is 0 Å². The lowest BCUT2D eigenvalue weighted by atomic mass is 9.76. The maximum Gasteiger partial charge on any atom is 0.228 e. The first-order valence-electron chi connectivity index (χ1n) is 10.6. The second kappa shape index (κ2) is 6.82. The zero-order valence-electron chi connectivity index (χ0n) is 16.4. The molecule has 1 aromatic rings. The standard InChI is InChI=1S/C22H26FN3O3/c23-18-5-2-1-4-16(18)17-12-25(13-22(17)9-3-6-19(27)24-22)21(29)14-10-20(28)26(11-14)15-7-8-15/h1-2,4-5,14-15,17H,3,6-13H2,(H,24,27)/t14-,17-,22+/m0/s1. The predicted molar refractivity (Wildman–Crippen MR) is 103 cm³/mol. The van der Waals surface area contributed by atoms with E-state index in [9.17, 15) is 18.8 Å². The van der Waals surface area contributed by atoms with E-state index in [4.69, 9.17) is 0 Å². The number of nitrogens with one attached hydrogen (secondary N) is 1. The number of likely N-dealkylation sites (tertiary alicyclic amines) is 2.